The van der Waals surface area contributed by atoms with Gasteiger partial charge in [0, 0.05) is 12.7 Å². The van der Waals surface area contributed by atoms with E-state index in [2.05, 4.69) is 12.2 Å². The zero-order valence-electron chi connectivity index (χ0n) is 15.1. The Balaban J connectivity index is 3.16. The number of thiocarbonyl (C=S) groups is 1. The molecule has 0 bridgehead atoms. The van der Waals surface area contributed by atoms with Crippen LogP contribution in [0.2, 0.25) is 0 Å². The number of rotatable bonds is 17. The van der Waals surface area contributed by atoms with Gasteiger partial charge in [0.05, 0.1) is 4.99 Å². The quantitative estimate of drug-likeness (QED) is 0.193. The highest BCUT2D eigenvalue weighted by molar-refractivity contribution is 7.80. The first-order chi connectivity index (χ1) is 11.2. The highest BCUT2D eigenvalue weighted by Gasteiger charge is 1.98. The molecule has 0 fully saturated rings. The van der Waals surface area contributed by atoms with Crippen molar-refractivity contribution < 1.29 is 9.46 Å². The van der Waals surface area contributed by atoms with Crippen LogP contribution < -0.4 is 5.32 Å². The maximum absolute atomic E-state index is 10.6. The lowest BCUT2D eigenvalue weighted by atomic mass is 10.1. The second-order valence-electron chi connectivity index (χ2n) is 6.49. The van der Waals surface area contributed by atoms with Gasteiger partial charge >= 0.3 is 0 Å². The molecule has 23 heavy (non-hydrogen) atoms. The molecule has 0 saturated carbocycles. The molecule has 0 rings (SSSR count). The largest absolute Gasteiger partial charge is 0.380 e. The van der Waals surface area contributed by atoms with E-state index >= 15 is 0 Å². The van der Waals surface area contributed by atoms with Crippen molar-refractivity contribution in [2.45, 2.75) is 96.8 Å². The number of hydrogen-bond donors (Lipinski definition) is 2. The number of nitrogens with one attached hydrogen (secondary N) is 1. The summed E-state index contributed by atoms with van der Waals surface area (Å²) in [4.78, 5) is 9.69. The minimum Gasteiger partial charge on any atom is -0.380 e. The lowest BCUT2D eigenvalue weighted by Crippen LogP contribution is -2.22. The fourth-order valence-corrected chi connectivity index (χ4v) is 3.47. The molecule has 2 N–H and O–H groups in total. The van der Waals surface area contributed by atoms with Gasteiger partial charge in [-0.15, -0.1) is 0 Å². The number of hydrogen-bond acceptors (Lipinski definition) is 2. The SMILES string of the molecule is CCCCCCCCCCCCCC(=S)NCCCC[PH](=O)O. The molecule has 0 amide bonds. The van der Waals surface area contributed by atoms with Crippen molar-refractivity contribution in [3.63, 3.8) is 0 Å². The van der Waals surface area contributed by atoms with Crippen molar-refractivity contribution in [2.75, 3.05) is 12.7 Å². The van der Waals surface area contributed by atoms with Crippen LogP contribution in [-0.4, -0.2) is 22.6 Å². The van der Waals surface area contributed by atoms with Crippen molar-refractivity contribution in [3.05, 3.63) is 0 Å². The van der Waals surface area contributed by atoms with E-state index in [4.69, 9.17) is 17.1 Å². The zero-order chi connectivity index (χ0) is 17.2. The summed E-state index contributed by atoms with van der Waals surface area (Å²) in [5.41, 5.74) is 0. The standard InChI is InChI=1S/C18H38NO2PS/c1-2-3-4-5-6-7-8-9-10-11-12-15-18(23)19-16-13-14-17-22(20)21/h22H,2-17H2,1H3,(H,19,23)(H,20,21). The van der Waals surface area contributed by atoms with Crippen LogP contribution in [-0.2, 0) is 4.57 Å². The Morgan fingerprint density at radius 1 is 0.870 bits per heavy atom. The summed E-state index contributed by atoms with van der Waals surface area (Å²) < 4.78 is 10.6. The molecule has 1 unspecified atom stereocenters. The molecule has 0 aliphatic heterocycles. The van der Waals surface area contributed by atoms with E-state index in [-0.39, 0.29) is 0 Å². The minimum absolute atomic E-state index is 0.442. The third-order valence-electron chi connectivity index (χ3n) is 4.15. The van der Waals surface area contributed by atoms with E-state index in [0.717, 1.165) is 30.8 Å². The van der Waals surface area contributed by atoms with Crippen LogP contribution in [0.4, 0.5) is 0 Å². The van der Waals surface area contributed by atoms with Gasteiger partial charge in [-0.25, -0.2) is 0 Å². The first-order valence-electron chi connectivity index (χ1n) is 9.65. The zero-order valence-corrected chi connectivity index (χ0v) is 16.9. The van der Waals surface area contributed by atoms with Gasteiger partial charge in [-0.2, -0.15) is 0 Å². The fraction of sp³-hybridized carbons (Fsp3) is 0.944. The average molecular weight is 364 g/mol. The minimum atomic E-state index is -2.28. The first-order valence-corrected chi connectivity index (χ1v) is 11.6. The lowest BCUT2D eigenvalue weighted by Gasteiger charge is -2.07. The summed E-state index contributed by atoms with van der Waals surface area (Å²) in [5.74, 6) is 0. The second-order valence-corrected chi connectivity index (χ2v) is 8.27. The van der Waals surface area contributed by atoms with Crippen LogP contribution in [0.15, 0.2) is 0 Å². The maximum atomic E-state index is 10.6. The van der Waals surface area contributed by atoms with Crippen LogP contribution in [0, 0.1) is 0 Å². The van der Waals surface area contributed by atoms with Gasteiger partial charge in [-0.05, 0) is 25.7 Å². The molecular weight excluding hydrogens is 325 g/mol. The van der Waals surface area contributed by atoms with Crippen molar-refractivity contribution in [1.82, 2.24) is 5.32 Å². The summed E-state index contributed by atoms with van der Waals surface area (Å²) in [6.45, 7) is 3.11. The van der Waals surface area contributed by atoms with Gasteiger partial charge in [0.25, 0.3) is 0 Å². The Bertz CT molecular complexity index is 301. The summed E-state index contributed by atoms with van der Waals surface area (Å²) in [5, 5.41) is 3.25. The fourth-order valence-electron chi connectivity index (χ4n) is 2.67. The average Bonchev–Trinajstić information content (AvgIpc) is 2.52. The van der Waals surface area contributed by atoms with Crippen LogP contribution in [0.3, 0.4) is 0 Å². The van der Waals surface area contributed by atoms with E-state index in [1.54, 1.807) is 0 Å². The van der Waals surface area contributed by atoms with Gasteiger partial charge in [0.2, 0.25) is 0 Å². The highest BCUT2D eigenvalue weighted by Crippen LogP contribution is 2.14. The Morgan fingerprint density at radius 3 is 1.91 bits per heavy atom. The predicted molar refractivity (Wildman–Crippen MR) is 107 cm³/mol. The second kappa shape index (κ2) is 18.4. The smallest absolute Gasteiger partial charge is 0.189 e. The molecule has 0 spiro atoms. The molecule has 3 nitrogen and oxygen atoms in total. The van der Waals surface area contributed by atoms with Gasteiger partial charge in [-0.3, -0.25) is 4.57 Å². The van der Waals surface area contributed by atoms with E-state index in [0.29, 0.717) is 6.16 Å². The molecule has 0 aromatic carbocycles. The molecule has 0 radical (unpaired) electrons. The van der Waals surface area contributed by atoms with Crippen molar-refractivity contribution in [1.29, 1.82) is 0 Å². The third-order valence-corrected chi connectivity index (χ3v) is 5.28. The summed E-state index contributed by atoms with van der Waals surface area (Å²) in [6.07, 6.45) is 18.1. The van der Waals surface area contributed by atoms with Crippen LogP contribution in [0.1, 0.15) is 96.8 Å². The van der Waals surface area contributed by atoms with Crippen LogP contribution >= 0.6 is 20.2 Å². The van der Waals surface area contributed by atoms with Crippen LogP contribution in [0.25, 0.3) is 0 Å². The molecule has 0 aromatic rings. The third kappa shape index (κ3) is 20.0. The summed E-state index contributed by atoms with van der Waals surface area (Å²) in [7, 11) is -2.28. The first kappa shape index (κ1) is 23.1. The van der Waals surface area contributed by atoms with Gasteiger partial charge in [0.15, 0.2) is 8.03 Å². The van der Waals surface area contributed by atoms with E-state index < -0.39 is 8.03 Å². The lowest BCUT2D eigenvalue weighted by molar-refractivity contribution is 0.500. The molecule has 0 aromatic heterocycles. The predicted octanol–water partition coefficient (Wildman–Crippen LogP) is 5.85. The molecule has 138 valence electrons. The molecule has 0 aliphatic carbocycles. The topological polar surface area (TPSA) is 49.3 Å². The molecular formula is C18H38NO2PS. The van der Waals surface area contributed by atoms with Gasteiger partial charge < -0.3 is 10.2 Å². The highest BCUT2D eigenvalue weighted by atomic mass is 32.1. The van der Waals surface area contributed by atoms with Crippen molar-refractivity contribution in [2.24, 2.45) is 0 Å². The van der Waals surface area contributed by atoms with Crippen LogP contribution in [0.5, 0.6) is 0 Å². The Morgan fingerprint density at radius 2 is 1.39 bits per heavy atom. The molecule has 0 saturated heterocycles. The maximum Gasteiger partial charge on any atom is 0.189 e. The Labute approximate surface area is 149 Å². The summed E-state index contributed by atoms with van der Waals surface area (Å²) >= 11 is 5.31. The molecule has 0 aliphatic rings. The monoisotopic (exact) mass is 363 g/mol. The van der Waals surface area contributed by atoms with Gasteiger partial charge in [0.1, 0.15) is 0 Å². The van der Waals surface area contributed by atoms with Crippen molar-refractivity contribution in [3.8, 4) is 0 Å². The Kier molecular flexibility index (Phi) is 18.5. The van der Waals surface area contributed by atoms with E-state index in [1.165, 1.54) is 70.6 Å². The van der Waals surface area contributed by atoms with Crippen molar-refractivity contribution >= 4 is 25.2 Å². The number of unbranched alkanes of at least 4 members (excludes halogenated alkanes) is 11. The Hall–Kier alpha value is 0.0800. The van der Waals surface area contributed by atoms with E-state index in [9.17, 15) is 4.57 Å². The van der Waals surface area contributed by atoms with E-state index in [1.807, 2.05) is 0 Å². The van der Waals surface area contributed by atoms with Gasteiger partial charge in [-0.1, -0.05) is 83.3 Å². The molecule has 1 atom stereocenters. The normalized spacial score (nSPS) is 12.3. The molecule has 5 heteroatoms. The molecule has 0 heterocycles. The summed E-state index contributed by atoms with van der Waals surface area (Å²) in [6, 6.07) is 0.